The number of aromatic amines is 1. The fourth-order valence-corrected chi connectivity index (χ4v) is 3.84. The maximum Gasteiger partial charge on any atom is 0.212 e. The zero-order chi connectivity index (χ0) is 22.8. The molecule has 0 bridgehead atoms. The van der Waals surface area contributed by atoms with Crippen LogP contribution in [0.25, 0.3) is 27.8 Å². The highest BCUT2D eigenvalue weighted by molar-refractivity contribution is 6.35. The lowest BCUT2D eigenvalue weighted by molar-refractivity contribution is -0.105. The Morgan fingerprint density at radius 1 is 1.28 bits per heavy atom. The molecule has 0 aliphatic heterocycles. The summed E-state index contributed by atoms with van der Waals surface area (Å²) in [7, 11) is 1.54. The Bertz CT molecular complexity index is 1260. The lowest BCUT2D eigenvalue weighted by atomic mass is 9.93. The van der Waals surface area contributed by atoms with E-state index in [1.807, 2.05) is 13.8 Å². The smallest absolute Gasteiger partial charge is 0.212 e. The molecule has 0 radical (unpaired) electrons. The maximum atomic E-state index is 15.4. The number of rotatable bonds is 6. The minimum Gasteiger partial charge on any atom is -0.376 e. The quantitative estimate of drug-likeness (QED) is 0.389. The number of hydrogen-bond donors (Lipinski definition) is 2. The summed E-state index contributed by atoms with van der Waals surface area (Å²) in [5.41, 5.74) is 2.22. The summed E-state index contributed by atoms with van der Waals surface area (Å²) in [5, 5.41) is 10.0. The van der Waals surface area contributed by atoms with Gasteiger partial charge in [-0.25, -0.2) is 9.37 Å². The van der Waals surface area contributed by atoms with Crippen molar-refractivity contribution < 1.29 is 13.9 Å². The number of nitrogens with one attached hydrogen (secondary N) is 2. The van der Waals surface area contributed by atoms with Crippen LogP contribution in [0.1, 0.15) is 44.8 Å². The second-order valence-corrected chi connectivity index (χ2v) is 8.34. The largest absolute Gasteiger partial charge is 0.376 e. The molecule has 1 fully saturated rings. The van der Waals surface area contributed by atoms with Crippen molar-refractivity contribution in [3.05, 3.63) is 41.2 Å². The van der Waals surface area contributed by atoms with Crippen LogP contribution < -0.4 is 5.32 Å². The number of hydrogen-bond acceptors (Lipinski definition) is 5. The first kappa shape index (κ1) is 22.2. The Hall–Kier alpha value is -3.04. The zero-order valence-electron chi connectivity index (χ0n) is 18.0. The van der Waals surface area contributed by atoms with E-state index in [0.717, 1.165) is 0 Å². The van der Waals surface area contributed by atoms with Crippen LogP contribution in [0, 0.1) is 11.7 Å². The van der Waals surface area contributed by atoms with Crippen molar-refractivity contribution in [2.75, 3.05) is 12.4 Å². The van der Waals surface area contributed by atoms with Crippen LogP contribution in [-0.2, 0) is 9.53 Å². The molecule has 2 N–H and O–H groups in total. The molecule has 5 rings (SSSR count). The predicted octanol–water partition coefficient (Wildman–Crippen LogP) is 5.15. The number of ether oxygens (including phenoxy) is 1. The highest BCUT2D eigenvalue weighted by Crippen LogP contribution is 2.42. The van der Waals surface area contributed by atoms with Gasteiger partial charge in [-0.1, -0.05) is 44.7 Å². The Labute approximate surface area is 189 Å². The molecule has 32 heavy (non-hydrogen) atoms. The number of benzene rings is 1. The number of anilines is 1. The second kappa shape index (κ2) is 9.22. The molecule has 1 saturated carbocycles. The third kappa shape index (κ3) is 4.18. The van der Waals surface area contributed by atoms with Crippen LogP contribution in [0.15, 0.2) is 24.8 Å². The molecule has 168 valence electrons. The summed E-state index contributed by atoms with van der Waals surface area (Å²) < 4.78 is 22.6. The lowest BCUT2D eigenvalue weighted by Gasteiger charge is -2.22. The van der Waals surface area contributed by atoms with Gasteiger partial charge < -0.3 is 14.5 Å². The van der Waals surface area contributed by atoms with E-state index in [1.165, 1.54) is 32.6 Å². The Balaban J connectivity index is 0.000000754. The number of methoxy groups -OCH3 is 1. The third-order valence-corrected chi connectivity index (χ3v) is 5.48. The monoisotopic (exact) mass is 458 g/mol. The molecule has 1 aliphatic rings. The molecule has 4 aromatic rings. The van der Waals surface area contributed by atoms with Crippen LogP contribution in [0.4, 0.5) is 10.2 Å². The first-order chi connectivity index (χ1) is 15.5. The summed E-state index contributed by atoms with van der Waals surface area (Å²) in [4.78, 5) is 19.2. The van der Waals surface area contributed by atoms with Crippen LogP contribution in [0.2, 0.25) is 5.02 Å². The SMILES string of the molecule is C1CC1.COC(c1c(F)c(Cl)c(-c2cn3cc(NC=O)nc3cn2)c2cn[nH]c12)C(C)C. The van der Waals surface area contributed by atoms with Gasteiger partial charge in [0.2, 0.25) is 6.41 Å². The normalized spacial score (nSPS) is 13.8. The molecule has 1 aromatic carbocycles. The fourth-order valence-electron chi connectivity index (χ4n) is 3.54. The molecule has 8 nitrogen and oxygen atoms in total. The van der Waals surface area contributed by atoms with E-state index in [-0.39, 0.29) is 10.9 Å². The number of amides is 1. The highest BCUT2D eigenvalue weighted by Gasteiger charge is 2.28. The van der Waals surface area contributed by atoms with Gasteiger partial charge in [-0.05, 0) is 5.92 Å². The first-order valence-electron chi connectivity index (χ1n) is 10.4. The van der Waals surface area contributed by atoms with Crippen molar-refractivity contribution in [3.63, 3.8) is 0 Å². The Morgan fingerprint density at radius 3 is 2.66 bits per heavy atom. The predicted molar refractivity (Wildman–Crippen MR) is 121 cm³/mol. The molecule has 0 saturated heterocycles. The summed E-state index contributed by atoms with van der Waals surface area (Å²) in [6.45, 7) is 3.88. The molecule has 3 heterocycles. The number of H-pyrrole nitrogens is 1. The summed E-state index contributed by atoms with van der Waals surface area (Å²) >= 11 is 6.48. The minimum atomic E-state index is -0.574. The maximum absolute atomic E-state index is 15.4. The molecule has 1 aliphatic carbocycles. The zero-order valence-corrected chi connectivity index (χ0v) is 18.8. The molecule has 1 atom stereocenters. The third-order valence-electron chi connectivity index (χ3n) is 5.13. The van der Waals surface area contributed by atoms with Gasteiger partial charge >= 0.3 is 0 Å². The number of halogens is 2. The van der Waals surface area contributed by atoms with Crippen LogP contribution in [-0.4, -0.2) is 38.1 Å². The van der Waals surface area contributed by atoms with Crippen molar-refractivity contribution in [2.45, 2.75) is 39.2 Å². The molecule has 1 unspecified atom stereocenters. The van der Waals surface area contributed by atoms with E-state index < -0.39 is 11.9 Å². The van der Waals surface area contributed by atoms with Crippen LogP contribution in [0.3, 0.4) is 0 Å². The number of imidazole rings is 1. The lowest BCUT2D eigenvalue weighted by Crippen LogP contribution is -2.12. The van der Waals surface area contributed by atoms with Crippen molar-refractivity contribution >= 4 is 40.4 Å². The highest BCUT2D eigenvalue weighted by atomic mass is 35.5. The molecular weight excluding hydrogens is 435 g/mol. The van der Waals surface area contributed by atoms with Gasteiger partial charge in [0.1, 0.15) is 5.82 Å². The van der Waals surface area contributed by atoms with Gasteiger partial charge in [0.15, 0.2) is 11.5 Å². The summed E-state index contributed by atoms with van der Waals surface area (Å²) in [6, 6.07) is 0. The van der Waals surface area contributed by atoms with E-state index in [1.54, 1.807) is 23.0 Å². The van der Waals surface area contributed by atoms with Gasteiger partial charge in [0.05, 0.1) is 40.9 Å². The number of nitrogens with zero attached hydrogens (tertiary/aromatic N) is 4. The van der Waals surface area contributed by atoms with E-state index in [2.05, 4.69) is 25.5 Å². The minimum absolute atomic E-state index is 0.0204. The van der Waals surface area contributed by atoms with E-state index in [4.69, 9.17) is 16.3 Å². The van der Waals surface area contributed by atoms with Gasteiger partial charge in [0, 0.05) is 29.8 Å². The fraction of sp³-hybridized carbons (Fsp3) is 0.364. The molecule has 3 aromatic heterocycles. The van der Waals surface area contributed by atoms with E-state index >= 15 is 4.39 Å². The number of fused-ring (bicyclic) bond motifs is 2. The summed E-state index contributed by atoms with van der Waals surface area (Å²) in [5.74, 6) is -0.179. The Kier molecular flexibility index (Phi) is 6.38. The van der Waals surface area contributed by atoms with Crippen molar-refractivity contribution in [3.8, 4) is 11.3 Å². The number of carbonyl (C=O) groups is 1. The standard InChI is InChI=1S/C19H18ClFN6O2.C3H6/c1-9(2)19(29-3)15-17(21)16(20)14(10-4-24-26-18(10)15)11-6-27-7-12(23-8-28)25-13(27)5-22-11;1-2-3-1/h4-9,19H,1-3H3,(H,23,28)(H,24,26);1-3H2. The summed E-state index contributed by atoms with van der Waals surface area (Å²) in [6.07, 6.45) is 10.9. The van der Waals surface area contributed by atoms with Crippen LogP contribution in [0.5, 0.6) is 0 Å². The molecule has 10 heteroatoms. The number of carbonyl (C=O) groups excluding carboxylic acids is 1. The van der Waals surface area contributed by atoms with Crippen molar-refractivity contribution in [1.29, 1.82) is 0 Å². The van der Waals surface area contributed by atoms with Crippen molar-refractivity contribution in [1.82, 2.24) is 24.6 Å². The van der Waals surface area contributed by atoms with Gasteiger partial charge in [-0.15, -0.1) is 0 Å². The average Bonchev–Trinajstić information content (AvgIpc) is 3.48. The number of aromatic nitrogens is 5. The van der Waals surface area contributed by atoms with Crippen molar-refractivity contribution in [2.24, 2.45) is 5.92 Å². The first-order valence-corrected chi connectivity index (χ1v) is 10.8. The molecular formula is C22H24ClFN6O2. The van der Waals surface area contributed by atoms with E-state index in [9.17, 15) is 4.79 Å². The molecule has 0 spiro atoms. The van der Waals surface area contributed by atoms with Crippen LogP contribution >= 0.6 is 11.6 Å². The average molecular weight is 459 g/mol. The molecule has 1 amide bonds. The Morgan fingerprint density at radius 2 is 2.03 bits per heavy atom. The van der Waals surface area contributed by atoms with Gasteiger partial charge in [0.25, 0.3) is 0 Å². The van der Waals surface area contributed by atoms with E-state index in [0.29, 0.717) is 45.6 Å². The van der Waals surface area contributed by atoms with Gasteiger partial charge in [-0.3, -0.25) is 14.9 Å². The topological polar surface area (TPSA) is 97.2 Å². The second-order valence-electron chi connectivity index (χ2n) is 7.96. The van der Waals surface area contributed by atoms with Gasteiger partial charge in [-0.2, -0.15) is 5.10 Å².